The molecule has 0 bridgehead atoms. The first-order valence-electron chi connectivity index (χ1n) is 8.23. The highest BCUT2D eigenvalue weighted by molar-refractivity contribution is 5.91. The van der Waals surface area contributed by atoms with Gasteiger partial charge in [-0.15, -0.1) is 0 Å². The van der Waals surface area contributed by atoms with E-state index >= 15 is 0 Å². The smallest absolute Gasteiger partial charge is 0.289 e. The van der Waals surface area contributed by atoms with Gasteiger partial charge >= 0.3 is 0 Å². The van der Waals surface area contributed by atoms with Crippen LogP contribution in [0.15, 0.2) is 51.3 Å². The summed E-state index contributed by atoms with van der Waals surface area (Å²) in [6.07, 6.45) is 1.27. The minimum atomic E-state index is -0.219. The van der Waals surface area contributed by atoms with E-state index in [2.05, 4.69) is 4.98 Å². The van der Waals surface area contributed by atoms with Crippen LogP contribution in [0.3, 0.4) is 0 Å². The molecule has 0 fully saturated rings. The van der Waals surface area contributed by atoms with E-state index in [1.807, 2.05) is 30.3 Å². The number of aliphatic hydroxyl groups is 1. The van der Waals surface area contributed by atoms with Crippen molar-refractivity contribution >= 4 is 5.91 Å². The second-order valence-corrected chi connectivity index (χ2v) is 6.04. The van der Waals surface area contributed by atoms with Crippen molar-refractivity contribution in [2.24, 2.45) is 0 Å². The molecule has 0 aliphatic carbocycles. The molecule has 25 heavy (non-hydrogen) atoms. The summed E-state index contributed by atoms with van der Waals surface area (Å²) in [4.78, 5) is 18.8. The zero-order valence-corrected chi connectivity index (χ0v) is 13.6. The summed E-state index contributed by atoms with van der Waals surface area (Å²) in [5, 5.41) is 9.06. The van der Waals surface area contributed by atoms with Crippen molar-refractivity contribution in [2.75, 3.05) is 6.54 Å². The van der Waals surface area contributed by atoms with Gasteiger partial charge in [-0.2, -0.15) is 0 Å². The summed E-state index contributed by atoms with van der Waals surface area (Å²) in [7, 11) is 0. The van der Waals surface area contributed by atoms with E-state index in [0.29, 0.717) is 37.6 Å². The fourth-order valence-corrected chi connectivity index (χ4v) is 3.01. The predicted molar refractivity (Wildman–Crippen MR) is 88.8 cm³/mol. The number of fused-ring (bicyclic) bond motifs is 1. The molecule has 0 saturated heterocycles. The van der Waals surface area contributed by atoms with Crippen LogP contribution in [0, 0.1) is 0 Å². The van der Waals surface area contributed by atoms with Crippen LogP contribution in [0.5, 0.6) is 0 Å². The molecule has 6 nitrogen and oxygen atoms in total. The summed E-state index contributed by atoms with van der Waals surface area (Å²) in [5.41, 5.74) is 1.95. The summed E-state index contributed by atoms with van der Waals surface area (Å²) in [5.74, 6) is 1.95. The Morgan fingerprint density at radius 2 is 2.00 bits per heavy atom. The average molecular weight is 338 g/mol. The largest absolute Gasteiger partial charge is 0.453 e. The molecular weight excluding hydrogens is 320 g/mol. The first-order chi connectivity index (χ1) is 12.2. The molecule has 128 valence electrons. The first-order valence-corrected chi connectivity index (χ1v) is 8.23. The lowest BCUT2D eigenvalue weighted by Gasteiger charge is -2.24. The molecule has 1 amide bonds. The molecule has 0 spiro atoms. The summed E-state index contributed by atoms with van der Waals surface area (Å²) in [6, 6.07) is 13.2. The molecule has 0 unspecified atom stereocenters. The van der Waals surface area contributed by atoms with Gasteiger partial charge in [0.05, 0.1) is 6.54 Å². The highest BCUT2D eigenvalue weighted by Gasteiger charge is 2.27. The predicted octanol–water partition coefficient (Wildman–Crippen LogP) is 2.55. The van der Waals surface area contributed by atoms with Gasteiger partial charge in [0.25, 0.3) is 5.91 Å². The lowest BCUT2D eigenvalue weighted by molar-refractivity contribution is 0.0691. The number of aliphatic hydroxyl groups excluding tert-OH is 1. The molecule has 0 saturated carbocycles. The van der Waals surface area contributed by atoms with Gasteiger partial charge in [-0.1, -0.05) is 30.3 Å². The molecule has 3 heterocycles. The Hall–Kier alpha value is -2.86. The van der Waals surface area contributed by atoms with Crippen LogP contribution in [0.25, 0.3) is 0 Å². The number of oxazole rings is 1. The zero-order chi connectivity index (χ0) is 17.2. The number of amides is 1. The SMILES string of the molecule is O=C(c1ccc(CO)o1)N1CCc2oc(Cc3ccccc3)nc2C1. The van der Waals surface area contributed by atoms with Crippen molar-refractivity contribution < 1.29 is 18.7 Å². The highest BCUT2D eigenvalue weighted by Crippen LogP contribution is 2.23. The molecule has 2 aromatic heterocycles. The molecule has 0 radical (unpaired) electrons. The fraction of sp³-hybridized carbons (Fsp3) is 0.263. The van der Waals surface area contributed by atoms with E-state index in [-0.39, 0.29) is 18.3 Å². The second-order valence-electron chi connectivity index (χ2n) is 6.04. The lowest BCUT2D eigenvalue weighted by Crippen LogP contribution is -2.35. The number of carbonyl (C=O) groups excluding carboxylic acids is 1. The molecule has 1 aromatic carbocycles. The lowest BCUT2D eigenvalue weighted by atomic mass is 10.1. The molecule has 6 heteroatoms. The van der Waals surface area contributed by atoms with E-state index < -0.39 is 0 Å². The monoisotopic (exact) mass is 338 g/mol. The Morgan fingerprint density at radius 1 is 1.16 bits per heavy atom. The van der Waals surface area contributed by atoms with Crippen molar-refractivity contribution in [2.45, 2.75) is 26.0 Å². The zero-order valence-electron chi connectivity index (χ0n) is 13.6. The minimum Gasteiger partial charge on any atom is -0.453 e. The van der Waals surface area contributed by atoms with Crippen LogP contribution >= 0.6 is 0 Å². The number of furan rings is 1. The summed E-state index contributed by atoms with van der Waals surface area (Å²) < 4.78 is 11.2. The Morgan fingerprint density at radius 3 is 2.76 bits per heavy atom. The number of hydrogen-bond acceptors (Lipinski definition) is 5. The molecule has 1 N–H and O–H groups in total. The Balaban J connectivity index is 1.48. The third-order valence-electron chi connectivity index (χ3n) is 4.29. The van der Waals surface area contributed by atoms with Gasteiger partial charge in [0.1, 0.15) is 23.8 Å². The van der Waals surface area contributed by atoms with Crippen LogP contribution in [-0.4, -0.2) is 27.4 Å². The summed E-state index contributed by atoms with van der Waals surface area (Å²) >= 11 is 0. The van der Waals surface area contributed by atoms with Crippen LogP contribution in [0.4, 0.5) is 0 Å². The van der Waals surface area contributed by atoms with Gasteiger partial charge < -0.3 is 18.8 Å². The van der Waals surface area contributed by atoms with E-state index in [1.165, 1.54) is 0 Å². The molecule has 1 aliphatic heterocycles. The number of benzene rings is 1. The van der Waals surface area contributed by atoms with Crippen molar-refractivity contribution in [3.63, 3.8) is 0 Å². The number of nitrogens with zero attached hydrogens (tertiary/aromatic N) is 2. The first kappa shape index (κ1) is 15.7. The van der Waals surface area contributed by atoms with Gasteiger partial charge in [0, 0.05) is 19.4 Å². The Kier molecular flexibility index (Phi) is 4.11. The minimum absolute atomic E-state index is 0.196. The quantitative estimate of drug-likeness (QED) is 0.791. The number of carbonyl (C=O) groups is 1. The Bertz CT molecular complexity index is 882. The van der Waals surface area contributed by atoms with Gasteiger partial charge in [-0.25, -0.2) is 4.98 Å². The standard InChI is InChI=1S/C19H18N2O4/c22-12-14-6-7-17(24-14)19(23)21-9-8-16-15(11-21)20-18(25-16)10-13-4-2-1-3-5-13/h1-7,22H,8-12H2. The van der Waals surface area contributed by atoms with Crippen molar-refractivity contribution in [3.8, 4) is 0 Å². The van der Waals surface area contributed by atoms with Gasteiger partial charge in [-0.3, -0.25) is 4.79 Å². The van der Waals surface area contributed by atoms with E-state index in [9.17, 15) is 4.79 Å². The second kappa shape index (κ2) is 6.57. The molecule has 3 aromatic rings. The van der Waals surface area contributed by atoms with Crippen LogP contribution in [0.1, 0.15) is 39.2 Å². The van der Waals surface area contributed by atoms with Gasteiger partial charge in [0.15, 0.2) is 11.7 Å². The van der Waals surface area contributed by atoms with Gasteiger partial charge in [0.2, 0.25) is 0 Å². The van der Waals surface area contributed by atoms with Crippen molar-refractivity contribution in [1.29, 1.82) is 0 Å². The molecule has 0 atom stereocenters. The third-order valence-corrected chi connectivity index (χ3v) is 4.29. The normalized spacial score (nSPS) is 13.7. The van der Waals surface area contributed by atoms with Crippen LogP contribution < -0.4 is 0 Å². The highest BCUT2D eigenvalue weighted by atomic mass is 16.4. The van der Waals surface area contributed by atoms with Crippen molar-refractivity contribution in [1.82, 2.24) is 9.88 Å². The van der Waals surface area contributed by atoms with Gasteiger partial charge in [-0.05, 0) is 17.7 Å². The number of hydrogen-bond donors (Lipinski definition) is 1. The average Bonchev–Trinajstić information content (AvgIpc) is 3.27. The molecular formula is C19H18N2O4. The third kappa shape index (κ3) is 3.21. The van der Waals surface area contributed by atoms with Crippen molar-refractivity contribution in [3.05, 3.63) is 76.9 Å². The van der Waals surface area contributed by atoms with E-state index in [4.69, 9.17) is 13.9 Å². The maximum atomic E-state index is 12.5. The van der Waals surface area contributed by atoms with Crippen LogP contribution in [0.2, 0.25) is 0 Å². The topological polar surface area (TPSA) is 79.7 Å². The number of rotatable bonds is 4. The van der Waals surface area contributed by atoms with E-state index in [1.54, 1.807) is 17.0 Å². The maximum absolute atomic E-state index is 12.5. The van der Waals surface area contributed by atoms with E-state index in [0.717, 1.165) is 17.0 Å². The molecule has 4 rings (SSSR count). The maximum Gasteiger partial charge on any atom is 0.289 e. The number of aromatic nitrogens is 1. The Labute approximate surface area is 144 Å². The fourth-order valence-electron chi connectivity index (χ4n) is 3.01. The molecule has 1 aliphatic rings. The summed E-state index contributed by atoms with van der Waals surface area (Å²) in [6.45, 7) is 0.742. The van der Waals surface area contributed by atoms with Crippen LogP contribution in [-0.2, 0) is 26.0 Å².